The van der Waals surface area contributed by atoms with Gasteiger partial charge >= 0.3 is 0 Å². The number of carbonyl (C=O) groups is 1. The molecule has 0 aliphatic rings. The maximum absolute atomic E-state index is 13.2. The second-order valence-electron chi connectivity index (χ2n) is 7.65. The lowest BCUT2D eigenvalue weighted by molar-refractivity contribution is -0.122. The van der Waals surface area contributed by atoms with Crippen molar-refractivity contribution in [2.24, 2.45) is 7.05 Å². The van der Waals surface area contributed by atoms with Crippen molar-refractivity contribution in [1.29, 1.82) is 0 Å². The zero-order valence-corrected chi connectivity index (χ0v) is 18.0. The number of carbonyl (C=O) groups excluding carboxylic acids is 1. The molecule has 0 bridgehead atoms. The lowest BCUT2D eigenvalue weighted by Gasteiger charge is -2.19. The lowest BCUT2D eigenvalue weighted by atomic mass is 10.1. The van der Waals surface area contributed by atoms with Crippen LogP contribution in [0.25, 0.3) is 11.0 Å². The van der Waals surface area contributed by atoms with Gasteiger partial charge in [-0.1, -0.05) is 42.5 Å². The molecule has 7 heteroatoms. The van der Waals surface area contributed by atoms with Crippen LogP contribution in [0.15, 0.2) is 60.7 Å². The van der Waals surface area contributed by atoms with E-state index in [0.717, 1.165) is 33.8 Å². The maximum Gasteiger partial charge on any atom is 0.243 e. The topological polar surface area (TPSA) is 84.7 Å². The average Bonchev–Trinajstić information content (AvgIpc) is 3.07. The molecule has 0 spiro atoms. The van der Waals surface area contributed by atoms with Gasteiger partial charge in [-0.2, -0.15) is 0 Å². The molecule has 1 amide bonds. The highest BCUT2D eigenvalue weighted by Gasteiger charge is 2.21. The highest BCUT2D eigenvalue weighted by Crippen LogP contribution is 2.14. The molecule has 7 nitrogen and oxygen atoms in total. The summed E-state index contributed by atoms with van der Waals surface area (Å²) in [6, 6.07) is 19.2. The zero-order chi connectivity index (χ0) is 21.8. The highest BCUT2D eigenvalue weighted by molar-refractivity contribution is 5.84. The van der Waals surface area contributed by atoms with Crippen LogP contribution in [0.1, 0.15) is 22.8 Å². The van der Waals surface area contributed by atoms with E-state index in [2.05, 4.69) is 25.6 Å². The van der Waals surface area contributed by atoms with Crippen molar-refractivity contribution in [3.8, 4) is 0 Å². The molecule has 0 aliphatic carbocycles. The van der Waals surface area contributed by atoms with Gasteiger partial charge in [-0.05, 0) is 37.6 Å². The first-order valence-electron chi connectivity index (χ1n) is 10.3. The summed E-state index contributed by atoms with van der Waals surface area (Å²) in [5.41, 5.74) is 4.72. The van der Waals surface area contributed by atoms with Crippen LogP contribution in [-0.2, 0) is 24.8 Å². The minimum atomic E-state index is -0.515. The quantitative estimate of drug-likeness (QED) is 0.485. The molecule has 0 saturated carbocycles. The summed E-state index contributed by atoms with van der Waals surface area (Å²) in [6.45, 7) is 4.17. The summed E-state index contributed by atoms with van der Waals surface area (Å²) < 4.78 is 2.00. The van der Waals surface area contributed by atoms with Crippen LogP contribution in [0.3, 0.4) is 0 Å². The number of amides is 1. The molecule has 0 fully saturated rings. The van der Waals surface area contributed by atoms with Crippen molar-refractivity contribution < 1.29 is 4.79 Å². The van der Waals surface area contributed by atoms with Crippen molar-refractivity contribution in [1.82, 2.24) is 24.8 Å². The van der Waals surface area contributed by atoms with Crippen molar-refractivity contribution in [2.45, 2.75) is 32.9 Å². The smallest absolute Gasteiger partial charge is 0.243 e. The minimum Gasteiger partial charge on any atom is -0.347 e. The standard InChI is InChI=1S/C24H26N6O/c1-16-13-17(2)27-24(26-16)29-20(14-18-9-5-4-6-10-18)23(31)25-15-22-28-19-11-7-8-12-21(19)30(22)3/h4-13,20H,14-15H2,1-3H3,(H,25,31)(H,26,27,29). The molecule has 0 saturated heterocycles. The fourth-order valence-electron chi connectivity index (χ4n) is 3.65. The fraction of sp³-hybridized carbons (Fsp3) is 0.250. The van der Waals surface area contributed by atoms with Gasteiger partial charge in [-0.3, -0.25) is 4.79 Å². The third kappa shape index (κ3) is 4.88. The molecule has 1 unspecified atom stereocenters. The number of hydrogen-bond donors (Lipinski definition) is 2. The average molecular weight is 415 g/mol. The van der Waals surface area contributed by atoms with Crippen molar-refractivity contribution in [3.05, 3.63) is 83.4 Å². The van der Waals surface area contributed by atoms with Crippen LogP contribution in [0.4, 0.5) is 5.95 Å². The molecule has 4 rings (SSSR count). The van der Waals surface area contributed by atoms with Crippen LogP contribution < -0.4 is 10.6 Å². The Morgan fingerprint density at radius 1 is 0.968 bits per heavy atom. The lowest BCUT2D eigenvalue weighted by Crippen LogP contribution is -2.41. The van der Waals surface area contributed by atoms with Gasteiger partial charge in [0.1, 0.15) is 11.9 Å². The van der Waals surface area contributed by atoms with Crippen molar-refractivity contribution in [3.63, 3.8) is 0 Å². The van der Waals surface area contributed by atoms with E-state index >= 15 is 0 Å². The Kier molecular flexibility index (Phi) is 5.93. The highest BCUT2D eigenvalue weighted by atomic mass is 16.2. The number of imidazole rings is 1. The van der Waals surface area contributed by atoms with Gasteiger partial charge in [0, 0.05) is 24.9 Å². The fourth-order valence-corrected chi connectivity index (χ4v) is 3.65. The molecular weight excluding hydrogens is 388 g/mol. The summed E-state index contributed by atoms with van der Waals surface area (Å²) in [6.07, 6.45) is 0.519. The van der Waals surface area contributed by atoms with Crippen LogP contribution in [-0.4, -0.2) is 31.5 Å². The Morgan fingerprint density at radius 2 is 1.65 bits per heavy atom. The molecule has 4 aromatic rings. The Balaban J connectivity index is 1.53. The summed E-state index contributed by atoms with van der Waals surface area (Å²) in [5.74, 6) is 1.13. The number of nitrogens with one attached hydrogen (secondary N) is 2. The normalized spacial score (nSPS) is 12.0. The summed E-state index contributed by atoms with van der Waals surface area (Å²) in [7, 11) is 1.96. The molecule has 2 aromatic heterocycles. The van der Waals surface area contributed by atoms with Crippen LogP contribution in [0, 0.1) is 13.8 Å². The van der Waals surface area contributed by atoms with E-state index in [1.807, 2.05) is 86.1 Å². The third-order valence-electron chi connectivity index (χ3n) is 5.19. The minimum absolute atomic E-state index is 0.126. The van der Waals surface area contributed by atoms with E-state index in [9.17, 15) is 4.79 Å². The van der Waals surface area contributed by atoms with E-state index in [-0.39, 0.29) is 5.91 Å². The number of hydrogen-bond acceptors (Lipinski definition) is 5. The van der Waals surface area contributed by atoms with Gasteiger partial charge in [0.05, 0.1) is 17.6 Å². The molecule has 2 aromatic carbocycles. The molecule has 2 heterocycles. The number of benzene rings is 2. The molecule has 158 valence electrons. The molecule has 0 radical (unpaired) electrons. The van der Waals surface area contributed by atoms with Gasteiger partial charge in [-0.15, -0.1) is 0 Å². The predicted molar refractivity (Wildman–Crippen MR) is 122 cm³/mol. The van der Waals surface area contributed by atoms with Gasteiger partial charge in [-0.25, -0.2) is 15.0 Å². The van der Waals surface area contributed by atoms with Crippen LogP contribution in [0.2, 0.25) is 0 Å². The number of aryl methyl sites for hydroxylation is 3. The zero-order valence-electron chi connectivity index (χ0n) is 18.0. The Bertz CT molecular complexity index is 1180. The number of para-hydroxylation sites is 2. The Morgan fingerprint density at radius 3 is 2.35 bits per heavy atom. The van der Waals surface area contributed by atoms with E-state index in [0.29, 0.717) is 18.9 Å². The second-order valence-corrected chi connectivity index (χ2v) is 7.65. The van der Waals surface area contributed by atoms with Crippen LogP contribution in [0.5, 0.6) is 0 Å². The predicted octanol–water partition coefficient (Wildman–Crippen LogP) is 3.32. The van der Waals surface area contributed by atoms with E-state index in [1.54, 1.807) is 0 Å². The number of rotatable bonds is 7. The van der Waals surface area contributed by atoms with Gasteiger partial charge in [0.15, 0.2) is 0 Å². The Labute approximate surface area is 181 Å². The third-order valence-corrected chi connectivity index (χ3v) is 5.19. The van der Waals surface area contributed by atoms with Gasteiger partial charge in [0.2, 0.25) is 11.9 Å². The monoisotopic (exact) mass is 414 g/mol. The first-order valence-corrected chi connectivity index (χ1v) is 10.3. The molecule has 1 atom stereocenters. The number of anilines is 1. The van der Waals surface area contributed by atoms with E-state index in [4.69, 9.17) is 0 Å². The summed E-state index contributed by atoms with van der Waals surface area (Å²) >= 11 is 0. The van der Waals surface area contributed by atoms with Crippen molar-refractivity contribution >= 4 is 22.9 Å². The van der Waals surface area contributed by atoms with Gasteiger partial charge in [0.25, 0.3) is 0 Å². The molecular formula is C24H26N6O. The van der Waals surface area contributed by atoms with Gasteiger partial charge < -0.3 is 15.2 Å². The largest absolute Gasteiger partial charge is 0.347 e. The van der Waals surface area contributed by atoms with Crippen molar-refractivity contribution in [2.75, 3.05) is 5.32 Å². The first kappa shape index (κ1) is 20.5. The number of nitrogens with zero attached hydrogens (tertiary/aromatic N) is 4. The second kappa shape index (κ2) is 8.95. The maximum atomic E-state index is 13.2. The molecule has 2 N–H and O–H groups in total. The SMILES string of the molecule is Cc1cc(C)nc(NC(Cc2ccccc2)C(=O)NCc2nc3ccccc3n2C)n1. The summed E-state index contributed by atoms with van der Waals surface area (Å²) in [5, 5.41) is 6.26. The number of fused-ring (bicyclic) bond motifs is 1. The summed E-state index contributed by atoms with van der Waals surface area (Å²) in [4.78, 5) is 26.7. The van der Waals surface area contributed by atoms with E-state index < -0.39 is 6.04 Å². The number of aromatic nitrogens is 4. The molecule has 0 aliphatic heterocycles. The van der Waals surface area contributed by atoms with Crippen LogP contribution >= 0.6 is 0 Å². The van der Waals surface area contributed by atoms with E-state index in [1.165, 1.54) is 0 Å². The molecule has 31 heavy (non-hydrogen) atoms. The first-order chi connectivity index (χ1) is 15.0. The Hall–Kier alpha value is -3.74.